The van der Waals surface area contributed by atoms with E-state index in [1.54, 1.807) is 0 Å². The lowest BCUT2D eigenvalue weighted by Gasteiger charge is -2.16. The third-order valence-electron chi connectivity index (χ3n) is 4.08. The number of halogens is 2. The van der Waals surface area contributed by atoms with Gasteiger partial charge in [0, 0.05) is 13.0 Å². The van der Waals surface area contributed by atoms with Crippen LogP contribution in [-0.2, 0) is 24.3 Å². The molecular weight excluding hydrogens is 349 g/mol. The number of nitrogens with two attached hydrogens (primary N) is 1. The van der Waals surface area contributed by atoms with Crippen molar-refractivity contribution in [3.63, 3.8) is 0 Å². The first-order chi connectivity index (χ1) is 10.6. The number of benzene rings is 1. The van der Waals surface area contributed by atoms with Crippen molar-refractivity contribution in [2.45, 2.75) is 45.3 Å². The molecule has 1 aliphatic rings. The highest BCUT2D eigenvalue weighted by Gasteiger charge is 2.19. The molecule has 24 heavy (non-hydrogen) atoms. The molecule has 1 aromatic carbocycles. The molecule has 0 saturated carbocycles. The Labute approximate surface area is 154 Å². The van der Waals surface area contributed by atoms with Crippen LogP contribution in [0.1, 0.15) is 41.7 Å². The Bertz CT molecular complexity index is 672. The fraction of sp³-hybridized carbons (Fsp3) is 0.438. The summed E-state index contributed by atoms with van der Waals surface area (Å²) in [6.45, 7) is 3.30. The van der Waals surface area contributed by atoms with Crippen LogP contribution in [0.3, 0.4) is 0 Å². The van der Waals surface area contributed by atoms with Crippen molar-refractivity contribution in [3.8, 4) is 0 Å². The van der Waals surface area contributed by atoms with Gasteiger partial charge in [-0.2, -0.15) is 0 Å². The fourth-order valence-electron chi connectivity index (χ4n) is 2.70. The predicted octanol–water partition coefficient (Wildman–Crippen LogP) is 2.08. The van der Waals surface area contributed by atoms with Gasteiger partial charge in [-0.05, 0) is 25.3 Å². The van der Waals surface area contributed by atoms with Crippen LogP contribution in [0.5, 0.6) is 0 Å². The minimum atomic E-state index is -0.663. The molecule has 1 aromatic heterocycles. The van der Waals surface area contributed by atoms with Crippen molar-refractivity contribution >= 4 is 30.7 Å². The summed E-state index contributed by atoms with van der Waals surface area (Å²) in [5.41, 5.74) is 7.97. The van der Waals surface area contributed by atoms with Gasteiger partial charge in [-0.15, -0.1) is 35.0 Å². The number of hydrogen-bond donors (Lipinski definition) is 2. The van der Waals surface area contributed by atoms with E-state index in [0.717, 1.165) is 48.6 Å². The topological polar surface area (TPSA) is 85.8 Å². The number of fused-ring (bicyclic) bond motifs is 1. The maximum absolute atomic E-state index is 12.2. The minimum absolute atomic E-state index is 0. The normalized spacial score (nSPS) is 13.9. The highest BCUT2D eigenvalue weighted by molar-refractivity contribution is 5.85. The number of rotatable bonds is 4. The Morgan fingerprint density at radius 3 is 2.67 bits per heavy atom. The van der Waals surface area contributed by atoms with E-state index in [-0.39, 0.29) is 30.7 Å². The molecule has 6 nitrogen and oxygen atoms in total. The first-order valence-electron chi connectivity index (χ1n) is 7.66. The summed E-state index contributed by atoms with van der Waals surface area (Å²) in [7, 11) is 0. The number of carbonyl (C=O) groups is 1. The van der Waals surface area contributed by atoms with Gasteiger partial charge < -0.3 is 15.6 Å². The third-order valence-corrected chi connectivity index (χ3v) is 4.08. The maximum Gasteiger partial charge on any atom is 0.241 e. The Balaban J connectivity index is 0.00000144. The fourth-order valence-corrected chi connectivity index (χ4v) is 2.70. The number of carbonyl (C=O) groups excluding carboxylic acids is 1. The highest BCUT2D eigenvalue weighted by Crippen LogP contribution is 2.15. The Morgan fingerprint density at radius 2 is 1.96 bits per heavy atom. The summed E-state index contributed by atoms with van der Waals surface area (Å²) in [6, 6.07) is 7.02. The number of aromatic nitrogens is 3. The maximum atomic E-state index is 12.2. The van der Waals surface area contributed by atoms with E-state index in [1.807, 2.05) is 31.2 Å². The first kappa shape index (κ1) is 20.4. The molecule has 0 spiro atoms. The Morgan fingerprint density at radius 1 is 1.25 bits per heavy atom. The highest BCUT2D eigenvalue weighted by atomic mass is 35.5. The van der Waals surface area contributed by atoms with E-state index in [1.165, 1.54) is 0 Å². The Kier molecular flexibility index (Phi) is 7.66. The molecule has 1 amide bonds. The average Bonchev–Trinajstić information content (AvgIpc) is 2.96. The van der Waals surface area contributed by atoms with Crippen LogP contribution in [-0.4, -0.2) is 20.7 Å². The van der Waals surface area contributed by atoms with Gasteiger partial charge in [-0.1, -0.05) is 29.8 Å². The van der Waals surface area contributed by atoms with Crippen molar-refractivity contribution in [2.24, 2.45) is 5.73 Å². The summed E-state index contributed by atoms with van der Waals surface area (Å²) in [5.74, 6) is 1.62. The molecule has 2 aromatic rings. The Hall–Kier alpha value is -1.63. The third kappa shape index (κ3) is 4.47. The van der Waals surface area contributed by atoms with Crippen molar-refractivity contribution in [3.05, 3.63) is 47.0 Å². The molecule has 0 saturated heterocycles. The molecule has 0 radical (unpaired) electrons. The smallest absolute Gasteiger partial charge is 0.241 e. The number of amides is 1. The quantitative estimate of drug-likeness (QED) is 0.861. The van der Waals surface area contributed by atoms with Crippen LogP contribution in [0.15, 0.2) is 24.3 Å². The first-order valence-corrected chi connectivity index (χ1v) is 7.66. The van der Waals surface area contributed by atoms with E-state index < -0.39 is 6.04 Å². The average molecular weight is 372 g/mol. The summed E-state index contributed by atoms with van der Waals surface area (Å²) in [6.07, 6.45) is 3.25. The van der Waals surface area contributed by atoms with Gasteiger partial charge in [0.15, 0.2) is 5.82 Å². The van der Waals surface area contributed by atoms with Crippen molar-refractivity contribution in [1.29, 1.82) is 0 Å². The molecule has 1 atom stereocenters. The minimum Gasteiger partial charge on any atom is -0.347 e. The number of nitrogens with zero attached hydrogens (tertiary/aromatic N) is 3. The van der Waals surface area contributed by atoms with E-state index in [4.69, 9.17) is 5.73 Å². The van der Waals surface area contributed by atoms with Gasteiger partial charge in [0.25, 0.3) is 0 Å². The van der Waals surface area contributed by atoms with Crippen LogP contribution >= 0.6 is 24.8 Å². The second-order valence-corrected chi connectivity index (χ2v) is 5.75. The molecule has 0 aliphatic carbocycles. The standard InChI is InChI=1S/C16H21N5O.2ClH/c1-11-5-7-12(8-6-11)15(17)16(22)18-10-14-20-19-13-4-2-3-9-21(13)14;;/h5-8,15H,2-4,9-10,17H2,1H3,(H,18,22);2*1H. The predicted molar refractivity (Wildman–Crippen MR) is 97.4 cm³/mol. The largest absolute Gasteiger partial charge is 0.347 e. The van der Waals surface area contributed by atoms with E-state index >= 15 is 0 Å². The SMILES string of the molecule is Cc1ccc(C(N)C(=O)NCc2nnc3n2CCCC3)cc1.Cl.Cl. The zero-order valence-electron chi connectivity index (χ0n) is 13.6. The van der Waals surface area contributed by atoms with Crippen LogP contribution < -0.4 is 11.1 Å². The lowest BCUT2D eigenvalue weighted by atomic mass is 10.1. The molecule has 0 bridgehead atoms. The molecule has 1 unspecified atom stereocenters. The lowest BCUT2D eigenvalue weighted by molar-refractivity contribution is -0.122. The molecule has 132 valence electrons. The van der Waals surface area contributed by atoms with E-state index in [2.05, 4.69) is 20.1 Å². The van der Waals surface area contributed by atoms with Gasteiger partial charge in [-0.3, -0.25) is 4.79 Å². The van der Waals surface area contributed by atoms with Gasteiger partial charge >= 0.3 is 0 Å². The van der Waals surface area contributed by atoms with E-state index in [9.17, 15) is 4.79 Å². The second kappa shape index (κ2) is 9.01. The van der Waals surface area contributed by atoms with Crippen molar-refractivity contribution < 1.29 is 4.79 Å². The lowest BCUT2D eigenvalue weighted by Crippen LogP contribution is -2.34. The zero-order chi connectivity index (χ0) is 15.5. The van der Waals surface area contributed by atoms with Gasteiger partial charge in [0.1, 0.15) is 11.9 Å². The van der Waals surface area contributed by atoms with Crippen molar-refractivity contribution in [1.82, 2.24) is 20.1 Å². The van der Waals surface area contributed by atoms with Gasteiger partial charge in [0.05, 0.1) is 6.54 Å². The summed E-state index contributed by atoms with van der Waals surface area (Å²) < 4.78 is 2.10. The summed E-state index contributed by atoms with van der Waals surface area (Å²) in [4.78, 5) is 12.2. The molecule has 3 rings (SSSR count). The second-order valence-electron chi connectivity index (χ2n) is 5.75. The number of nitrogens with one attached hydrogen (secondary N) is 1. The number of hydrogen-bond acceptors (Lipinski definition) is 4. The molecular formula is C16H23Cl2N5O. The van der Waals surface area contributed by atoms with Crippen LogP contribution in [0.4, 0.5) is 0 Å². The van der Waals surface area contributed by atoms with E-state index in [0.29, 0.717) is 6.54 Å². The van der Waals surface area contributed by atoms with Crippen LogP contribution in [0.2, 0.25) is 0 Å². The van der Waals surface area contributed by atoms with Gasteiger partial charge in [0.2, 0.25) is 5.91 Å². The van der Waals surface area contributed by atoms with Crippen LogP contribution in [0, 0.1) is 6.92 Å². The molecule has 1 aliphatic heterocycles. The zero-order valence-corrected chi connectivity index (χ0v) is 15.2. The molecule has 0 fully saturated rings. The summed E-state index contributed by atoms with van der Waals surface area (Å²) in [5, 5.41) is 11.2. The monoisotopic (exact) mass is 371 g/mol. The molecule has 2 heterocycles. The van der Waals surface area contributed by atoms with Gasteiger partial charge in [-0.25, -0.2) is 0 Å². The molecule has 8 heteroatoms. The molecule has 3 N–H and O–H groups in total. The summed E-state index contributed by atoms with van der Waals surface area (Å²) >= 11 is 0. The van der Waals surface area contributed by atoms with Crippen molar-refractivity contribution in [2.75, 3.05) is 0 Å². The van der Waals surface area contributed by atoms with Crippen LogP contribution in [0.25, 0.3) is 0 Å². The number of aryl methyl sites for hydroxylation is 2.